The molecule has 1 unspecified atom stereocenters. The molecule has 5 nitrogen and oxygen atoms in total. The molecule has 2 aliphatic rings. The smallest absolute Gasteiger partial charge is 0.308 e. The Hall–Kier alpha value is -2.25. The number of aliphatic imine (C=N–C) groups is 1. The first-order valence-corrected chi connectivity index (χ1v) is 10.7. The topological polar surface area (TPSA) is 65.0 Å². The van der Waals surface area contributed by atoms with Crippen molar-refractivity contribution in [3.63, 3.8) is 0 Å². The largest absolute Gasteiger partial charge is 0.493 e. The van der Waals surface area contributed by atoms with Crippen LogP contribution in [0.15, 0.2) is 53.5 Å². The summed E-state index contributed by atoms with van der Waals surface area (Å²) in [5.74, 6) is 1.29. The van der Waals surface area contributed by atoms with Crippen molar-refractivity contribution in [3.05, 3.63) is 59.7 Å². The van der Waals surface area contributed by atoms with Gasteiger partial charge in [0.25, 0.3) is 0 Å². The van der Waals surface area contributed by atoms with Crippen LogP contribution in [0.4, 0.5) is 0 Å². The Morgan fingerprint density at radius 1 is 1.25 bits per heavy atom. The lowest BCUT2D eigenvalue weighted by atomic mass is 10.1. The SMILES string of the molecule is COc1cc([C@H]2CC23N=C(SCc2ccccc2)SC3=O)ccc1OC(C)=O. The van der Waals surface area contributed by atoms with E-state index in [0.717, 1.165) is 15.7 Å². The first kappa shape index (κ1) is 19.1. The van der Waals surface area contributed by atoms with E-state index in [9.17, 15) is 9.59 Å². The maximum absolute atomic E-state index is 12.7. The van der Waals surface area contributed by atoms with Gasteiger partial charge in [-0.05, 0) is 41.4 Å². The van der Waals surface area contributed by atoms with E-state index in [1.165, 1.54) is 31.4 Å². The van der Waals surface area contributed by atoms with Crippen molar-refractivity contribution in [1.29, 1.82) is 0 Å². The van der Waals surface area contributed by atoms with E-state index in [0.29, 0.717) is 17.9 Å². The molecule has 0 N–H and O–H groups in total. The highest BCUT2D eigenvalue weighted by atomic mass is 32.2. The second kappa shape index (κ2) is 7.64. The molecule has 1 aliphatic carbocycles. The molecule has 0 aromatic heterocycles. The summed E-state index contributed by atoms with van der Waals surface area (Å²) in [6, 6.07) is 15.6. The fourth-order valence-electron chi connectivity index (χ4n) is 3.32. The summed E-state index contributed by atoms with van der Waals surface area (Å²) in [7, 11) is 1.53. The van der Waals surface area contributed by atoms with Gasteiger partial charge in [-0.3, -0.25) is 14.6 Å². The maximum atomic E-state index is 12.7. The summed E-state index contributed by atoms with van der Waals surface area (Å²) in [5, 5.41) is 0.107. The molecular formula is C21H19NO4S2. The first-order valence-electron chi connectivity index (χ1n) is 8.87. The molecule has 4 rings (SSSR count). The number of esters is 1. The quantitative estimate of drug-likeness (QED) is 0.534. The molecule has 2 atom stereocenters. The van der Waals surface area contributed by atoms with Gasteiger partial charge >= 0.3 is 5.97 Å². The van der Waals surface area contributed by atoms with E-state index in [1.807, 2.05) is 30.3 Å². The summed E-state index contributed by atoms with van der Waals surface area (Å²) in [6.45, 7) is 1.35. The molecule has 28 heavy (non-hydrogen) atoms. The molecule has 1 spiro atoms. The summed E-state index contributed by atoms with van der Waals surface area (Å²) < 4.78 is 11.3. The lowest BCUT2D eigenvalue weighted by molar-refractivity contribution is -0.132. The Bertz CT molecular complexity index is 960. The van der Waals surface area contributed by atoms with Crippen LogP contribution in [0, 0.1) is 0 Å². The number of ether oxygens (including phenoxy) is 2. The van der Waals surface area contributed by atoms with E-state index in [-0.39, 0.29) is 11.0 Å². The molecule has 1 fully saturated rings. The third-order valence-corrected chi connectivity index (χ3v) is 7.03. The molecule has 0 radical (unpaired) electrons. The molecule has 1 saturated carbocycles. The van der Waals surface area contributed by atoms with Gasteiger partial charge in [-0.25, -0.2) is 0 Å². The van der Waals surface area contributed by atoms with E-state index in [2.05, 4.69) is 12.1 Å². The number of hydrogen-bond acceptors (Lipinski definition) is 7. The average molecular weight is 414 g/mol. The van der Waals surface area contributed by atoms with Gasteiger partial charge in [0.05, 0.1) is 7.11 Å². The Labute approximate surface area is 171 Å². The summed E-state index contributed by atoms with van der Waals surface area (Å²) in [6.07, 6.45) is 0.699. The molecule has 7 heteroatoms. The Kier molecular flexibility index (Phi) is 5.21. The second-order valence-corrected chi connectivity index (χ2v) is 8.91. The van der Waals surface area contributed by atoms with E-state index >= 15 is 0 Å². The van der Waals surface area contributed by atoms with Crippen molar-refractivity contribution in [3.8, 4) is 11.5 Å². The highest BCUT2D eigenvalue weighted by Crippen LogP contribution is 2.61. The molecule has 0 bridgehead atoms. The number of benzene rings is 2. The van der Waals surface area contributed by atoms with Gasteiger partial charge in [0.15, 0.2) is 11.5 Å². The Morgan fingerprint density at radius 3 is 2.75 bits per heavy atom. The first-order chi connectivity index (χ1) is 13.5. The van der Waals surface area contributed by atoms with Gasteiger partial charge < -0.3 is 9.47 Å². The van der Waals surface area contributed by atoms with Gasteiger partial charge in [0.1, 0.15) is 9.91 Å². The van der Waals surface area contributed by atoms with Gasteiger partial charge in [0.2, 0.25) is 5.12 Å². The molecular weight excluding hydrogens is 394 g/mol. The minimum atomic E-state index is -0.655. The molecule has 2 aromatic rings. The monoisotopic (exact) mass is 413 g/mol. The third kappa shape index (κ3) is 3.69. The minimum absolute atomic E-state index is 0.0302. The fraction of sp³-hybridized carbons (Fsp3) is 0.286. The molecule has 1 aliphatic heterocycles. The number of thioether (sulfide) groups is 2. The zero-order valence-corrected chi connectivity index (χ0v) is 17.1. The van der Waals surface area contributed by atoms with Crippen LogP contribution in [-0.4, -0.2) is 28.1 Å². The van der Waals surface area contributed by atoms with Crippen molar-refractivity contribution in [2.75, 3.05) is 7.11 Å². The Morgan fingerprint density at radius 2 is 2.04 bits per heavy atom. The highest BCUT2D eigenvalue weighted by Gasteiger charge is 2.64. The van der Waals surface area contributed by atoms with Crippen molar-refractivity contribution in [1.82, 2.24) is 0 Å². The van der Waals surface area contributed by atoms with E-state index < -0.39 is 11.5 Å². The molecule has 0 amide bonds. The zero-order valence-electron chi connectivity index (χ0n) is 15.5. The van der Waals surface area contributed by atoms with Crippen LogP contribution >= 0.6 is 23.5 Å². The number of nitrogens with zero attached hydrogens (tertiary/aromatic N) is 1. The minimum Gasteiger partial charge on any atom is -0.493 e. The van der Waals surface area contributed by atoms with Gasteiger partial charge in [-0.15, -0.1) is 0 Å². The lowest BCUT2D eigenvalue weighted by Gasteiger charge is -2.10. The van der Waals surface area contributed by atoms with Gasteiger partial charge in [-0.2, -0.15) is 0 Å². The van der Waals surface area contributed by atoms with Crippen molar-refractivity contribution in [2.45, 2.75) is 30.6 Å². The molecule has 2 aromatic carbocycles. The van der Waals surface area contributed by atoms with Gasteiger partial charge in [0, 0.05) is 18.6 Å². The van der Waals surface area contributed by atoms with E-state index in [4.69, 9.17) is 14.5 Å². The number of hydrogen-bond donors (Lipinski definition) is 0. The average Bonchev–Trinajstić information content (AvgIpc) is 3.33. The summed E-state index contributed by atoms with van der Waals surface area (Å²) in [5.41, 5.74) is 1.53. The third-order valence-electron chi connectivity index (χ3n) is 4.80. The van der Waals surface area contributed by atoms with Crippen LogP contribution in [0.25, 0.3) is 0 Å². The number of carbonyl (C=O) groups is 2. The molecule has 144 valence electrons. The predicted octanol–water partition coefficient (Wildman–Crippen LogP) is 4.41. The lowest BCUT2D eigenvalue weighted by Crippen LogP contribution is -2.14. The number of carbonyl (C=O) groups excluding carboxylic acids is 2. The second-order valence-electron chi connectivity index (χ2n) is 6.73. The predicted molar refractivity (Wildman–Crippen MR) is 112 cm³/mol. The van der Waals surface area contributed by atoms with Crippen LogP contribution in [-0.2, 0) is 15.3 Å². The zero-order chi connectivity index (χ0) is 19.7. The van der Waals surface area contributed by atoms with E-state index in [1.54, 1.807) is 17.8 Å². The summed E-state index contributed by atoms with van der Waals surface area (Å²) in [4.78, 5) is 28.7. The highest BCUT2D eigenvalue weighted by molar-refractivity contribution is 8.45. The standard InChI is InChI=1S/C21H19NO4S2/c1-13(23)26-17-9-8-15(10-18(17)25-2)16-11-21(16)19(24)28-20(22-21)27-12-14-6-4-3-5-7-14/h3-10,16H,11-12H2,1-2H3/t16-,21?/m1/s1. The van der Waals surface area contributed by atoms with Crippen LogP contribution in [0.3, 0.4) is 0 Å². The van der Waals surface area contributed by atoms with Crippen LogP contribution < -0.4 is 9.47 Å². The van der Waals surface area contributed by atoms with Crippen LogP contribution in [0.5, 0.6) is 11.5 Å². The fourth-order valence-corrected chi connectivity index (χ4v) is 5.48. The van der Waals surface area contributed by atoms with Crippen LogP contribution in [0.1, 0.15) is 30.4 Å². The van der Waals surface area contributed by atoms with Crippen LogP contribution in [0.2, 0.25) is 0 Å². The van der Waals surface area contributed by atoms with Crippen molar-refractivity contribution < 1.29 is 19.1 Å². The normalized spacial score (nSPS) is 22.9. The molecule has 1 heterocycles. The number of rotatable bonds is 5. The van der Waals surface area contributed by atoms with Crippen molar-refractivity contribution in [2.24, 2.45) is 4.99 Å². The summed E-state index contributed by atoms with van der Waals surface area (Å²) >= 11 is 2.85. The number of methoxy groups -OCH3 is 1. The van der Waals surface area contributed by atoms with Crippen molar-refractivity contribution >= 4 is 39.0 Å². The maximum Gasteiger partial charge on any atom is 0.308 e. The molecule has 0 saturated heterocycles. The van der Waals surface area contributed by atoms with Gasteiger partial charge in [-0.1, -0.05) is 48.2 Å². The Balaban J connectivity index is 1.49.